The number of carbonyl (C=O) groups excluding carboxylic acids is 1. The first-order valence-electron chi connectivity index (χ1n) is 4.34. The molecule has 0 aromatic heterocycles. The van der Waals surface area contributed by atoms with E-state index in [2.05, 4.69) is 6.92 Å². The third kappa shape index (κ3) is 4.73. The summed E-state index contributed by atoms with van der Waals surface area (Å²) in [7, 11) is 0. The number of carbonyl (C=O) groups is 1. The minimum absolute atomic E-state index is 0.0682. The Morgan fingerprint density at radius 2 is 2.17 bits per heavy atom. The third-order valence-corrected chi connectivity index (χ3v) is 1.72. The highest BCUT2D eigenvalue weighted by atomic mass is 16.2. The fourth-order valence-corrected chi connectivity index (χ4v) is 0.961. The van der Waals surface area contributed by atoms with Gasteiger partial charge in [0, 0.05) is 20.0 Å². The molecule has 0 radical (unpaired) electrons. The van der Waals surface area contributed by atoms with Crippen molar-refractivity contribution >= 4 is 5.91 Å². The lowest BCUT2D eigenvalue weighted by Gasteiger charge is -2.18. The normalized spacial score (nSPS) is 9.08. The Bertz CT molecular complexity index is 172. The predicted molar refractivity (Wildman–Crippen MR) is 47.4 cm³/mol. The molecule has 68 valence electrons. The van der Waals surface area contributed by atoms with Gasteiger partial charge < -0.3 is 4.90 Å². The van der Waals surface area contributed by atoms with Crippen LogP contribution in [0.25, 0.3) is 0 Å². The molecule has 0 atom stereocenters. The molecule has 0 aromatic carbocycles. The van der Waals surface area contributed by atoms with Gasteiger partial charge in [0.15, 0.2) is 0 Å². The summed E-state index contributed by atoms with van der Waals surface area (Å²) < 4.78 is 0. The second-order valence-corrected chi connectivity index (χ2v) is 2.77. The molecule has 0 aromatic rings. The maximum atomic E-state index is 11.0. The van der Waals surface area contributed by atoms with Crippen LogP contribution in [-0.4, -0.2) is 23.9 Å². The number of nitriles is 1. The van der Waals surface area contributed by atoms with E-state index in [1.165, 1.54) is 0 Å². The SMILES string of the molecule is CCCCN(CCC#N)C(C)=O. The number of nitrogens with zero attached hydrogens (tertiary/aromatic N) is 2. The molecule has 12 heavy (non-hydrogen) atoms. The quantitative estimate of drug-likeness (QED) is 0.625. The molecular weight excluding hydrogens is 152 g/mol. The first kappa shape index (κ1) is 11.0. The number of rotatable bonds is 5. The van der Waals surface area contributed by atoms with Crippen molar-refractivity contribution in [3.63, 3.8) is 0 Å². The summed E-state index contributed by atoms with van der Waals surface area (Å²) in [6.45, 7) is 5.00. The molecule has 1 amide bonds. The lowest BCUT2D eigenvalue weighted by molar-refractivity contribution is -0.128. The molecular formula is C9H16N2O. The van der Waals surface area contributed by atoms with E-state index in [4.69, 9.17) is 5.26 Å². The average molecular weight is 168 g/mol. The van der Waals surface area contributed by atoms with Crippen LogP contribution in [0.15, 0.2) is 0 Å². The standard InChI is InChI=1S/C9H16N2O/c1-3-4-7-11(9(2)12)8-5-6-10/h3-5,7-8H2,1-2H3. The van der Waals surface area contributed by atoms with E-state index in [9.17, 15) is 4.79 Å². The van der Waals surface area contributed by atoms with E-state index < -0.39 is 0 Å². The maximum absolute atomic E-state index is 11.0. The Hall–Kier alpha value is -1.04. The van der Waals surface area contributed by atoms with Gasteiger partial charge in [0.25, 0.3) is 0 Å². The van der Waals surface area contributed by atoms with Crippen LogP contribution in [0, 0.1) is 11.3 Å². The first-order valence-corrected chi connectivity index (χ1v) is 4.34. The van der Waals surface area contributed by atoms with Crippen LogP contribution < -0.4 is 0 Å². The highest BCUT2D eigenvalue weighted by Crippen LogP contribution is 1.96. The highest BCUT2D eigenvalue weighted by Gasteiger charge is 2.05. The maximum Gasteiger partial charge on any atom is 0.219 e. The molecule has 0 aliphatic heterocycles. The van der Waals surface area contributed by atoms with Gasteiger partial charge in [0.1, 0.15) is 0 Å². The Labute approximate surface area is 74.0 Å². The van der Waals surface area contributed by atoms with Crippen LogP contribution in [0.4, 0.5) is 0 Å². The first-order chi connectivity index (χ1) is 5.72. The van der Waals surface area contributed by atoms with Crippen LogP contribution in [0.2, 0.25) is 0 Å². The second-order valence-electron chi connectivity index (χ2n) is 2.77. The van der Waals surface area contributed by atoms with E-state index in [1.54, 1.807) is 11.8 Å². The lowest BCUT2D eigenvalue weighted by Crippen LogP contribution is -2.30. The summed E-state index contributed by atoms with van der Waals surface area (Å²) in [5, 5.41) is 8.33. The molecule has 0 fully saturated rings. The van der Waals surface area contributed by atoms with E-state index in [1.807, 2.05) is 6.07 Å². The van der Waals surface area contributed by atoms with Gasteiger partial charge in [-0.1, -0.05) is 13.3 Å². The van der Waals surface area contributed by atoms with Crippen molar-refractivity contribution < 1.29 is 4.79 Å². The van der Waals surface area contributed by atoms with Crippen molar-refractivity contribution in [3.05, 3.63) is 0 Å². The van der Waals surface area contributed by atoms with Gasteiger partial charge in [-0.3, -0.25) is 4.79 Å². The summed E-state index contributed by atoms with van der Waals surface area (Å²) in [6.07, 6.45) is 2.53. The van der Waals surface area contributed by atoms with Crippen molar-refractivity contribution in [2.24, 2.45) is 0 Å². The molecule has 3 nitrogen and oxygen atoms in total. The average Bonchev–Trinajstić information content (AvgIpc) is 2.04. The van der Waals surface area contributed by atoms with Crippen LogP contribution in [-0.2, 0) is 4.79 Å². The molecule has 0 aliphatic carbocycles. The van der Waals surface area contributed by atoms with Crippen LogP contribution in [0.3, 0.4) is 0 Å². The zero-order valence-corrected chi connectivity index (χ0v) is 7.84. The largest absolute Gasteiger partial charge is 0.342 e. The van der Waals surface area contributed by atoms with Crippen molar-refractivity contribution in [3.8, 4) is 6.07 Å². The van der Waals surface area contributed by atoms with Gasteiger partial charge in [0.05, 0.1) is 12.5 Å². The molecule has 0 aliphatic rings. The van der Waals surface area contributed by atoms with E-state index in [0.717, 1.165) is 19.4 Å². The zero-order valence-electron chi connectivity index (χ0n) is 7.84. The minimum atomic E-state index is 0.0682. The number of amides is 1. The lowest BCUT2D eigenvalue weighted by atomic mass is 10.3. The molecule has 0 rings (SSSR count). The molecule has 0 spiro atoms. The van der Waals surface area contributed by atoms with Gasteiger partial charge in [-0.05, 0) is 6.42 Å². The molecule has 0 unspecified atom stereocenters. The Morgan fingerprint density at radius 1 is 1.50 bits per heavy atom. The van der Waals surface area contributed by atoms with Crippen molar-refractivity contribution in [2.45, 2.75) is 33.1 Å². The Balaban J connectivity index is 3.72. The Kier molecular flexibility index (Phi) is 6.08. The van der Waals surface area contributed by atoms with Crippen LogP contribution in [0.1, 0.15) is 33.1 Å². The summed E-state index contributed by atoms with van der Waals surface area (Å²) in [4.78, 5) is 12.7. The highest BCUT2D eigenvalue weighted by molar-refractivity contribution is 5.73. The predicted octanol–water partition coefficient (Wildman–Crippen LogP) is 1.55. The van der Waals surface area contributed by atoms with Crippen LogP contribution >= 0.6 is 0 Å². The molecule has 0 saturated carbocycles. The van der Waals surface area contributed by atoms with Crippen molar-refractivity contribution in [1.82, 2.24) is 4.90 Å². The molecule has 0 saturated heterocycles. The fourth-order valence-electron chi connectivity index (χ4n) is 0.961. The molecule has 0 heterocycles. The van der Waals surface area contributed by atoms with Crippen LogP contribution in [0.5, 0.6) is 0 Å². The van der Waals surface area contributed by atoms with E-state index in [0.29, 0.717) is 13.0 Å². The summed E-state index contributed by atoms with van der Waals surface area (Å²) in [5.41, 5.74) is 0. The number of hydrogen-bond donors (Lipinski definition) is 0. The van der Waals surface area contributed by atoms with Gasteiger partial charge in [-0.25, -0.2) is 0 Å². The number of unbranched alkanes of at least 4 members (excludes halogenated alkanes) is 1. The minimum Gasteiger partial charge on any atom is -0.342 e. The van der Waals surface area contributed by atoms with E-state index in [-0.39, 0.29) is 5.91 Å². The summed E-state index contributed by atoms with van der Waals surface area (Å²) in [5.74, 6) is 0.0682. The smallest absolute Gasteiger partial charge is 0.219 e. The van der Waals surface area contributed by atoms with E-state index >= 15 is 0 Å². The third-order valence-electron chi connectivity index (χ3n) is 1.72. The second kappa shape index (κ2) is 6.66. The van der Waals surface area contributed by atoms with Gasteiger partial charge >= 0.3 is 0 Å². The summed E-state index contributed by atoms with van der Waals surface area (Å²) >= 11 is 0. The van der Waals surface area contributed by atoms with Crippen molar-refractivity contribution in [2.75, 3.05) is 13.1 Å². The topological polar surface area (TPSA) is 44.1 Å². The van der Waals surface area contributed by atoms with Gasteiger partial charge in [-0.2, -0.15) is 5.26 Å². The number of hydrogen-bond acceptors (Lipinski definition) is 2. The van der Waals surface area contributed by atoms with Crippen molar-refractivity contribution in [1.29, 1.82) is 5.26 Å². The summed E-state index contributed by atoms with van der Waals surface area (Å²) in [6, 6.07) is 2.04. The van der Waals surface area contributed by atoms with Gasteiger partial charge in [-0.15, -0.1) is 0 Å². The fraction of sp³-hybridized carbons (Fsp3) is 0.778. The monoisotopic (exact) mass is 168 g/mol. The molecule has 3 heteroatoms. The molecule has 0 bridgehead atoms. The molecule has 0 N–H and O–H groups in total. The zero-order chi connectivity index (χ0) is 9.40. The van der Waals surface area contributed by atoms with Gasteiger partial charge in [0.2, 0.25) is 5.91 Å². The Morgan fingerprint density at radius 3 is 2.58 bits per heavy atom.